The predicted octanol–water partition coefficient (Wildman–Crippen LogP) is 2.24. The van der Waals surface area contributed by atoms with Crippen LogP contribution in [0, 0.1) is 5.92 Å². The van der Waals surface area contributed by atoms with Crippen molar-refractivity contribution in [1.29, 1.82) is 0 Å². The Labute approximate surface area is 114 Å². The van der Waals surface area contributed by atoms with E-state index in [1.807, 2.05) is 23.0 Å². The molecule has 4 nitrogen and oxygen atoms in total. The average Bonchev–Trinajstić information content (AvgIpc) is 3.15. The maximum atomic E-state index is 11.9. The van der Waals surface area contributed by atoms with Gasteiger partial charge in [0.1, 0.15) is 6.54 Å². The van der Waals surface area contributed by atoms with Gasteiger partial charge in [0.25, 0.3) is 0 Å². The first-order valence-corrected chi connectivity index (χ1v) is 7.27. The van der Waals surface area contributed by atoms with Crippen molar-refractivity contribution in [2.24, 2.45) is 5.92 Å². The summed E-state index contributed by atoms with van der Waals surface area (Å²) in [6.45, 7) is 4.48. The van der Waals surface area contributed by atoms with E-state index >= 15 is 0 Å². The van der Waals surface area contributed by atoms with E-state index in [0.717, 1.165) is 31.2 Å². The molecule has 0 radical (unpaired) electrons. The van der Waals surface area contributed by atoms with Crippen molar-refractivity contribution in [3.8, 4) is 0 Å². The highest BCUT2D eigenvalue weighted by molar-refractivity contribution is 5.76. The highest BCUT2D eigenvalue weighted by atomic mass is 16.3. The molecule has 0 aliphatic heterocycles. The van der Waals surface area contributed by atoms with Crippen LogP contribution < -0.4 is 5.32 Å². The minimum Gasteiger partial charge on any atom is -0.388 e. The van der Waals surface area contributed by atoms with E-state index in [1.165, 1.54) is 0 Å². The smallest absolute Gasteiger partial charge is 0.240 e. The molecule has 1 heterocycles. The lowest BCUT2D eigenvalue weighted by molar-refractivity contribution is -0.122. The maximum absolute atomic E-state index is 11.9. The molecule has 2 rings (SSSR count). The molecule has 1 amide bonds. The maximum Gasteiger partial charge on any atom is 0.240 e. The molecule has 1 atom stereocenters. The van der Waals surface area contributed by atoms with Crippen LogP contribution in [0.1, 0.15) is 51.2 Å². The summed E-state index contributed by atoms with van der Waals surface area (Å²) < 4.78 is 1.85. The molecule has 2 N–H and O–H groups in total. The molecule has 0 saturated heterocycles. The van der Waals surface area contributed by atoms with Crippen molar-refractivity contribution < 1.29 is 9.90 Å². The number of rotatable bonds is 7. The van der Waals surface area contributed by atoms with Crippen LogP contribution in [-0.2, 0) is 11.3 Å². The second-order valence-electron chi connectivity index (χ2n) is 5.48. The summed E-state index contributed by atoms with van der Waals surface area (Å²) in [7, 11) is 0. The van der Waals surface area contributed by atoms with Gasteiger partial charge in [0.05, 0.1) is 6.10 Å². The number of aliphatic hydroxyl groups excluding tert-OH is 1. The third-order valence-corrected chi connectivity index (χ3v) is 3.86. The summed E-state index contributed by atoms with van der Waals surface area (Å²) in [5.41, 5.74) is 0.929. The first-order valence-electron chi connectivity index (χ1n) is 7.27. The number of amides is 1. The van der Waals surface area contributed by atoms with Crippen molar-refractivity contribution >= 4 is 5.91 Å². The number of aliphatic hydroxyl groups is 1. The molecular formula is C15H24N2O2. The number of carbonyl (C=O) groups is 1. The topological polar surface area (TPSA) is 54.3 Å². The lowest BCUT2D eigenvalue weighted by atomic mass is 10.1. The number of nitrogens with zero attached hydrogens (tertiary/aromatic N) is 1. The molecule has 0 aromatic carbocycles. The fourth-order valence-corrected chi connectivity index (χ4v) is 2.35. The van der Waals surface area contributed by atoms with Crippen molar-refractivity contribution in [3.05, 3.63) is 24.0 Å². The van der Waals surface area contributed by atoms with E-state index in [2.05, 4.69) is 19.2 Å². The van der Waals surface area contributed by atoms with Crippen molar-refractivity contribution in [3.63, 3.8) is 0 Å². The summed E-state index contributed by atoms with van der Waals surface area (Å²) in [6.07, 6.45) is 7.54. The van der Waals surface area contributed by atoms with E-state index < -0.39 is 0 Å². The van der Waals surface area contributed by atoms with E-state index in [-0.39, 0.29) is 18.1 Å². The number of hydrogen-bond donors (Lipinski definition) is 2. The Balaban J connectivity index is 1.86. The Morgan fingerprint density at radius 3 is 2.74 bits per heavy atom. The quantitative estimate of drug-likeness (QED) is 0.793. The second kappa shape index (κ2) is 6.24. The van der Waals surface area contributed by atoms with Crippen LogP contribution in [0.4, 0.5) is 0 Å². The molecule has 1 aliphatic carbocycles. The van der Waals surface area contributed by atoms with Crippen LogP contribution in [0.25, 0.3) is 0 Å². The van der Waals surface area contributed by atoms with Crippen LogP contribution in [0.3, 0.4) is 0 Å². The lowest BCUT2D eigenvalue weighted by Crippen LogP contribution is -2.35. The molecule has 1 aromatic rings. The normalized spacial score (nSPS) is 16.6. The molecule has 106 valence electrons. The van der Waals surface area contributed by atoms with Gasteiger partial charge in [-0.3, -0.25) is 4.79 Å². The molecule has 1 saturated carbocycles. The predicted molar refractivity (Wildman–Crippen MR) is 74.6 cm³/mol. The summed E-state index contributed by atoms with van der Waals surface area (Å²) >= 11 is 0. The van der Waals surface area contributed by atoms with Gasteiger partial charge >= 0.3 is 0 Å². The monoisotopic (exact) mass is 264 g/mol. The Hall–Kier alpha value is -1.29. The molecule has 0 spiro atoms. The lowest BCUT2D eigenvalue weighted by Gasteiger charge is -2.14. The molecular weight excluding hydrogens is 240 g/mol. The van der Waals surface area contributed by atoms with E-state index in [9.17, 15) is 9.90 Å². The third kappa shape index (κ3) is 3.83. The molecule has 0 bridgehead atoms. The van der Waals surface area contributed by atoms with Crippen molar-refractivity contribution in [1.82, 2.24) is 9.88 Å². The summed E-state index contributed by atoms with van der Waals surface area (Å²) in [4.78, 5) is 11.9. The van der Waals surface area contributed by atoms with E-state index in [4.69, 9.17) is 0 Å². The van der Waals surface area contributed by atoms with Gasteiger partial charge in [0.2, 0.25) is 5.91 Å². The highest BCUT2D eigenvalue weighted by Crippen LogP contribution is 2.40. The first kappa shape index (κ1) is 14.1. The van der Waals surface area contributed by atoms with Crippen molar-refractivity contribution in [2.45, 2.75) is 58.2 Å². The first-order chi connectivity index (χ1) is 9.13. The summed E-state index contributed by atoms with van der Waals surface area (Å²) in [6, 6.07) is 2.17. The minimum absolute atomic E-state index is 0.0387. The van der Waals surface area contributed by atoms with Gasteiger partial charge in [-0.1, -0.05) is 13.8 Å². The fraction of sp³-hybridized carbons (Fsp3) is 0.667. The molecule has 1 aliphatic rings. The zero-order valence-electron chi connectivity index (χ0n) is 11.8. The summed E-state index contributed by atoms with van der Waals surface area (Å²) in [5.74, 6) is 0.464. The van der Waals surface area contributed by atoms with Gasteiger partial charge in [-0.2, -0.15) is 0 Å². The van der Waals surface area contributed by atoms with Crippen molar-refractivity contribution in [2.75, 3.05) is 0 Å². The highest BCUT2D eigenvalue weighted by Gasteiger charge is 2.31. The Bertz CT molecular complexity index is 420. The molecule has 4 heteroatoms. The molecule has 1 fully saturated rings. The van der Waals surface area contributed by atoms with Gasteiger partial charge in [0.15, 0.2) is 0 Å². The van der Waals surface area contributed by atoms with Crippen LogP contribution in [0.2, 0.25) is 0 Å². The van der Waals surface area contributed by atoms with E-state index in [0.29, 0.717) is 12.5 Å². The molecule has 19 heavy (non-hydrogen) atoms. The largest absolute Gasteiger partial charge is 0.388 e. The molecule has 1 aromatic heterocycles. The number of carbonyl (C=O) groups excluding carboxylic acids is 1. The standard InChI is InChI=1S/C15H24N2O2/c1-3-13(4-2)16-14(18)10-17-8-7-12(9-17)15(19)11-5-6-11/h7-9,11,13,15,19H,3-6,10H2,1-2H3,(H,16,18). The molecule has 1 unspecified atom stereocenters. The zero-order valence-corrected chi connectivity index (χ0v) is 11.8. The van der Waals surface area contributed by atoms with Gasteiger partial charge in [-0.15, -0.1) is 0 Å². The van der Waals surface area contributed by atoms with Gasteiger partial charge in [-0.25, -0.2) is 0 Å². The number of hydrogen-bond acceptors (Lipinski definition) is 2. The second-order valence-corrected chi connectivity index (χ2v) is 5.48. The van der Waals surface area contributed by atoms with Crippen LogP contribution in [0.5, 0.6) is 0 Å². The SMILES string of the molecule is CCC(CC)NC(=O)Cn1ccc(C(O)C2CC2)c1. The van der Waals surface area contributed by atoms with Crippen LogP contribution >= 0.6 is 0 Å². The third-order valence-electron chi connectivity index (χ3n) is 3.86. The van der Waals surface area contributed by atoms with Gasteiger partial charge < -0.3 is 15.0 Å². The van der Waals surface area contributed by atoms with E-state index in [1.54, 1.807) is 0 Å². The van der Waals surface area contributed by atoms with Gasteiger partial charge in [0, 0.05) is 18.4 Å². The minimum atomic E-state index is -0.358. The Morgan fingerprint density at radius 1 is 1.47 bits per heavy atom. The Morgan fingerprint density at radius 2 is 2.16 bits per heavy atom. The fourth-order valence-electron chi connectivity index (χ4n) is 2.35. The Kier molecular flexibility index (Phi) is 4.64. The average molecular weight is 264 g/mol. The zero-order chi connectivity index (χ0) is 13.8. The van der Waals surface area contributed by atoms with Crippen LogP contribution in [0.15, 0.2) is 18.5 Å². The summed E-state index contributed by atoms with van der Waals surface area (Å²) in [5, 5.41) is 13.0. The van der Waals surface area contributed by atoms with Gasteiger partial charge in [-0.05, 0) is 43.2 Å². The van der Waals surface area contributed by atoms with Crippen LogP contribution in [-0.4, -0.2) is 21.6 Å². The number of nitrogens with one attached hydrogen (secondary N) is 1. The number of aromatic nitrogens is 1.